The first kappa shape index (κ1) is 27.7. The first-order valence-corrected chi connectivity index (χ1v) is 14.5. The Balaban J connectivity index is 1.58. The number of carbonyl (C=O) groups excluding carboxylic acids is 3. The molecule has 3 atom stereocenters. The van der Waals surface area contributed by atoms with Crippen LogP contribution in [0.4, 0.5) is 5.69 Å². The zero-order valence-corrected chi connectivity index (χ0v) is 24.9. The Hall–Kier alpha value is -5.17. The molecule has 7 heteroatoms. The van der Waals surface area contributed by atoms with E-state index in [1.54, 1.807) is 67.8 Å². The van der Waals surface area contributed by atoms with Crippen molar-refractivity contribution < 1.29 is 28.6 Å². The third-order valence-electron chi connectivity index (χ3n) is 9.35. The largest absolute Gasteiger partial charge is 0.497 e. The van der Waals surface area contributed by atoms with Crippen LogP contribution in [0.1, 0.15) is 53.7 Å². The van der Waals surface area contributed by atoms with Crippen LogP contribution in [0.5, 0.6) is 17.2 Å². The molecule has 7 rings (SSSR count). The van der Waals surface area contributed by atoms with Crippen LogP contribution < -0.4 is 19.1 Å². The Morgan fingerprint density at radius 1 is 0.795 bits per heavy atom. The summed E-state index contributed by atoms with van der Waals surface area (Å²) in [5, 5.41) is 0. The molecule has 1 saturated heterocycles. The predicted molar refractivity (Wildman–Crippen MR) is 167 cm³/mol. The van der Waals surface area contributed by atoms with Gasteiger partial charge in [0, 0.05) is 33.9 Å². The summed E-state index contributed by atoms with van der Waals surface area (Å²) in [5.41, 5.74) is 2.79. The fourth-order valence-electron chi connectivity index (χ4n) is 7.54. The van der Waals surface area contributed by atoms with E-state index in [-0.39, 0.29) is 17.3 Å². The van der Waals surface area contributed by atoms with Gasteiger partial charge in [0.1, 0.15) is 17.2 Å². The van der Waals surface area contributed by atoms with Crippen LogP contribution in [-0.2, 0) is 0 Å². The highest BCUT2D eigenvalue weighted by Crippen LogP contribution is 2.62. The highest BCUT2D eigenvalue weighted by atomic mass is 16.5. The van der Waals surface area contributed by atoms with Gasteiger partial charge < -0.3 is 19.1 Å². The molecule has 44 heavy (non-hydrogen) atoms. The van der Waals surface area contributed by atoms with E-state index in [0.717, 1.165) is 16.8 Å². The molecule has 0 aromatic heterocycles. The summed E-state index contributed by atoms with van der Waals surface area (Å²) in [7, 11) is 4.62. The highest BCUT2D eigenvalue weighted by Gasteiger charge is 2.72. The number of hydrogen-bond donors (Lipinski definition) is 0. The van der Waals surface area contributed by atoms with Crippen molar-refractivity contribution in [1.82, 2.24) is 0 Å². The number of ether oxygens (including phenoxy) is 3. The molecule has 220 valence electrons. The van der Waals surface area contributed by atoms with Gasteiger partial charge in [0.15, 0.2) is 28.8 Å². The molecule has 2 aliphatic heterocycles. The van der Waals surface area contributed by atoms with Crippen molar-refractivity contribution in [3.63, 3.8) is 0 Å². The molecule has 0 unspecified atom stereocenters. The van der Waals surface area contributed by atoms with Crippen molar-refractivity contribution in [2.24, 2.45) is 5.41 Å². The average molecular weight is 586 g/mol. The SMILES string of the molecule is COc1cccc(C(=O)[C@@H]2[C@@H](c3cccc(OC)c3OC)C3(C(=O)c4ccccc4C3=O)[C@@H]3C=Cc4cc(C)ccc4N23)c1. The number of hydrogen-bond acceptors (Lipinski definition) is 7. The lowest BCUT2D eigenvalue weighted by Gasteiger charge is -2.37. The minimum atomic E-state index is -1.65. The fourth-order valence-corrected chi connectivity index (χ4v) is 7.54. The van der Waals surface area contributed by atoms with E-state index >= 15 is 0 Å². The van der Waals surface area contributed by atoms with Crippen LogP contribution in [0.3, 0.4) is 0 Å². The quantitative estimate of drug-likeness (QED) is 0.193. The molecule has 1 fully saturated rings. The van der Waals surface area contributed by atoms with E-state index in [4.69, 9.17) is 14.2 Å². The number of Topliss-reactive ketones (excluding diaryl/α,β-unsaturated/α-hetero) is 3. The summed E-state index contributed by atoms with van der Waals surface area (Å²) in [6.07, 6.45) is 3.88. The summed E-state index contributed by atoms with van der Waals surface area (Å²) in [5.74, 6) is -0.412. The van der Waals surface area contributed by atoms with Crippen molar-refractivity contribution >= 4 is 29.1 Å². The minimum Gasteiger partial charge on any atom is -0.497 e. The van der Waals surface area contributed by atoms with E-state index in [0.29, 0.717) is 39.5 Å². The van der Waals surface area contributed by atoms with Gasteiger partial charge in [0.25, 0.3) is 0 Å². The van der Waals surface area contributed by atoms with Crippen molar-refractivity contribution in [3.8, 4) is 17.2 Å². The predicted octanol–water partition coefficient (Wildman–Crippen LogP) is 6.34. The lowest BCUT2D eigenvalue weighted by Crippen LogP contribution is -2.48. The van der Waals surface area contributed by atoms with Crippen molar-refractivity contribution in [2.45, 2.75) is 24.9 Å². The van der Waals surface area contributed by atoms with Gasteiger partial charge in [-0.15, -0.1) is 0 Å². The highest BCUT2D eigenvalue weighted by molar-refractivity contribution is 6.32. The molecule has 0 amide bonds. The van der Waals surface area contributed by atoms with E-state index in [9.17, 15) is 14.4 Å². The molecular formula is C37H31NO6. The average Bonchev–Trinajstić information content (AvgIpc) is 3.49. The third-order valence-corrected chi connectivity index (χ3v) is 9.35. The Morgan fingerprint density at radius 3 is 2.20 bits per heavy atom. The molecule has 0 saturated carbocycles. The van der Waals surface area contributed by atoms with Crippen LogP contribution in [0.25, 0.3) is 6.08 Å². The maximum absolute atomic E-state index is 15.0. The number of ketones is 3. The van der Waals surface area contributed by atoms with Gasteiger partial charge in [-0.05, 0) is 42.8 Å². The monoisotopic (exact) mass is 585 g/mol. The number of rotatable bonds is 6. The molecule has 0 radical (unpaired) electrons. The number of carbonyl (C=O) groups is 3. The maximum atomic E-state index is 15.0. The number of fused-ring (bicyclic) bond motifs is 5. The number of para-hydroxylation sites is 1. The van der Waals surface area contributed by atoms with Gasteiger partial charge in [-0.1, -0.05) is 72.3 Å². The van der Waals surface area contributed by atoms with Crippen molar-refractivity contribution in [3.05, 3.63) is 124 Å². The number of aryl methyl sites for hydroxylation is 1. The second-order valence-corrected chi connectivity index (χ2v) is 11.4. The molecule has 0 N–H and O–H groups in total. The number of nitrogens with zero attached hydrogens (tertiary/aromatic N) is 1. The fraction of sp³-hybridized carbons (Fsp3) is 0.216. The smallest absolute Gasteiger partial charge is 0.186 e. The lowest BCUT2D eigenvalue weighted by molar-refractivity contribution is 0.0664. The number of methoxy groups -OCH3 is 3. The Kier molecular flexibility index (Phi) is 6.43. The first-order valence-electron chi connectivity index (χ1n) is 14.5. The van der Waals surface area contributed by atoms with Crippen LogP contribution >= 0.6 is 0 Å². The van der Waals surface area contributed by atoms with Gasteiger partial charge in [-0.3, -0.25) is 14.4 Å². The Labute approximate surface area is 255 Å². The summed E-state index contributed by atoms with van der Waals surface area (Å²) >= 11 is 0. The zero-order chi connectivity index (χ0) is 30.7. The molecule has 2 heterocycles. The summed E-state index contributed by atoms with van der Waals surface area (Å²) in [6, 6.07) is 23.6. The van der Waals surface area contributed by atoms with Crippen molar-refractivity contribution in [2.75, 3.05) is 26.2 Å². The Morgan fingerprint density at radius 2 is 1.52 bits per heavy atom. The van der Waals surface area contributed by atoms with Gasteiger partial charge in [-0.25, -0.2) is 0 Å². The molecule has 4 aromatic carbocycles. The minimum absolute atomic E-state index is 0.237. The number of benzene rings is 4. The first-order chi connectivity index (χ1) is 21.4. The second-order valence-electron chi connectivity index (χ2n) is 11.4. The van der Waals surface area contributed by atoms with Gasteiger partial charge in [0.2, 0.25) is 0 Å². The van der Waals surface area contributed by atoms with E-state index in [1.165, 1.54) is 14.2 Å². The van der Waals surface area contributed by atoms with Gasteiger partial charge >= 0.3 is 0 Å². The van der Waals surface area contributed by atoms with Crippen LogP contribution in [0, 0.1) is 12.3 Å². The van der Waals surface area contributed by atoms with E-state index in [2.05, 4.69) is 0 Å². The van der Waals surface area contributed by atoms with E-state index in [1.807, 2.05) is 48.2 Å². The lowest BCUT2D eigenvalue weighted by atomic mass is 9.64. The van der Waals surface area contributed by atoms with Gasteiger partial charge in [-0.2, -0.15) is 0 Å². The summed E-state index contributed by atoms with van der Waals surface area (Å²) < 4.78 is 17.1. The third kappa shape index (κ3) is 3.65. The Bertz CT molecular complexity index is 1860. The van der Waals surface area contributed by atoms with Crippen molar-refractivity contribution in [1.29, 1.82) is 0 Å². The van der Waals surface area contributed by atoms with Crippen LogP contribution in [-0.4, -0.2) is 50.8 Å². The summed E-state index contributed by atoms with van der Waals surface area (Å²) in [6.45, 7) is 2.01. The standard InChI is InChI=1S/C37H31NO6/c1-21-15-17-28-22(19-21)16-18-30-37(35(40)25-11-5-6-12-26(25)36(37)41)31(27-13-8-14-29(43-3)34(27)44-4)32(38(28)30)33(39)23-9-7-10-24(20-23)42-2/h5-20,30-32H,1-4H3/t30-,31+,32-/m0/s1. The molecule has 1 spiro atoms. The maximum Gasteiger partial charge on any atom is 0.186 e. The van der Waals surface area contributed by atoms with E-state index < -0.39 is 23.4 Å². The zero-order valence-electron chi connectivity index (χ0n) is 24.9. The molecule has 3 aliphatic rings. The summed E-state index contributed by atoms with van der Waals surface area (Å²) in [4.78, 5) is 46.8. The normalized spacial score (nSPS) is 20.7. The molecule has 1 aliphatic carbocycles. The topological polar surface area (TPSA) is 82.1 Å². The molecule has 7 nitrogen and oxygen atoms in total. The molecule has 0 bridgehead atoms. The van der Waals surface area contributed by atoms with Gasteiger partial charge in [0.05, 0.1) is 27.4 Å². The number of anilines is 1. The van der Waals surface area contributed by atoms with Crippen LogP contribution in [0.15, 0.2) is 91.0 Å². The second kappa shape index (κ2) is 10.2. The molecular weight excluding hydrogens is 554 g/mol. The van der Waals surface area contributed by atoms with Crippen LogP contribution in [0.2, 0.25) is 0 Å². The molecule has 4 aromatic rings.